The van der Waals surface area contributed by atoms with Crippen molar-refractivity contribution in [2.75, 3.05) is 5.73 Å². The van der Waals surface area contributed by atoms with Crippen LogP contribution in [0.1, 0.15) is 0 Å². The van der Waals surface area contributed by atoms with E-state index in [1.807, 2.05) is 60.7 Å². The summed E-state index contributed by atoms with van der Waals surface area (Å²) in [6.07, 6.45) is 0. The van der Waals surface area contributed by atoms with Gasteiger partial charge in [-0.05, 0) is 12.1 Å². The van der Waals surface area contributed by atoms with Crippen LogP contribution in [0.15, 0.2) is 60.7 Å². The smallest absolute Gasteiger partial charge is 0.245 e. The first-order chi connectivity index (χ1) is 11.2. The highest BCUT2D eigenvalue weighted by Crippen LogP contribution is 2.28. The highest BCUT2D eigenvalue weighted by molar-refractivity contribution is 5.80. The molecule has 0 spiro atoms. The van der Waals surface area contributed by atoms with Gasteiger partial charge >= 0.3 is 0 Å². The maximum Gasteiger partial charge on any atom is 0.245 e. The van der Waals surface area contributed by atoms with Crippen molar-refractivity contribution in [3.8, 4) is 17.1 Å². The second-order valence-corrected chi connectivity index (χ2v) is 5.02. The largest absolute Gasteiger partial charge is 0.368 e. The molecule has 0 amide bonds. The van der Waals surface area contributed by atoms with Crippen LogP contribution in [0.4, 0.5) is 10.3 Å². The van der Waals surface area contributed by atoms with Crippen LogP contribution in [0, 0.1) is 5.95 Å². The predicted octanol–water partition coefficient (Wildman–Crippen LogP) is 3.20. The number of nitrogens with two attached hydrogens (primary N) is 1. The first kappa shape index (κ1) is 13.4. The summed E-state index contributed by atoms with van der Waals surface area (Å²) >= 11 is 0. The van der Waals surface area contributed by atoms with Crippen LogP contribution in [0.3, 0.4) is 0 Å². The third kappa shape index (κ3) is 2.20. The number of rotatable bonds is 2. The van der Waals surface area contributed by atoms with Gasteiger partial charge in [0.1, 0.15) is 5.82 Å². The van der Waals surface area contributed by atoms with Crippen molar-refractivity contribution in [3.05, 3.63) is 66.6 Å². The summed E-state index contributed by atoms with van der Waals surface area (Å²) in [6, 6.07) is 19.1. The Kier molecular flexibility index (Phi) is 3.01. The Balaban J connectivity index is 2.12. The molecule has 2 heterocycles. The quantitative estimate of drug-likeness (QED) is 0.577. The zero-order chi connectivity index (χ0) is 15.8. The van der Waals surface area contributed by atoms with E-state index >= 15 is 0 Å². The Hall–Kier alpha value is -3.28. The third-order valence-electron chi connectivity index (χ3n) is 3.53. The van der Waals surface area contributed by atoms with Crippen molar-refractivity contribution in [2.24, 2.45) is 0 Å². The lowest BCUT2D eigenvalue weighted by Gasteiger charge is -2.08. The summed E-state index contributed by atoms with van der Waals surface area (Å²) in [6.45, 7) is 0. The molecule has 0 unspecified atom stereocenters. The minimum absolute atomic E-state index is 0.0990. The van der Waals surface area contributed by atoms with Gasteiger partial charge in [-0.15, -0.1) is 0 Å². The zero-order valence-corrected chi connectivity index (χ0v) is 12.0. The molecule has 5 nitrogen and oxygen atoms in total. The monoisotopic (exact) mass is 305 g/mol. The Labute approximate surface area is 131 Å². The minimum Gasteiger partial charge on any atom is -0.368 e. The van der Waals surface area contributed by atoms with E-state index in [1.165, 1.54) is 0 Å². The number of imidazole rings is 1. The molecule has 2 aromatic heterocycles. The number of anilines is 1. The van der Waals surface area contributed by atoms with Crippen molar-refractivity contribution in [3.63, 3.8) is 0 Å². The zero-order valence-electron chi connectivity index (χ0n) is 12.0. The molecule has 0 bridgehead atoms. The molecule has 0 saturated carbocycles. The summed E-state index contributed by atoms with van der Waals surface area (Å²) < 4.78 is 15.9. The first-order valence-corrected chi connectivity index (χ1v) is 7.06. The van der Waals surface area contributed by atoms with Gasteiger partial charge in [0.2, 0.25) is 11.9 Å². The number of benzene rings is 2. The Morgan fingerprint density at radius 2 is 1.48 bits per heavy atom. The van der Waals surface area contributed by atoms with Crippen LogP contribution in [0.2, 0.25) is 0 Å². The van der Waals surface area contributed by atoms with Crippen LogP contribution in [-0.2, 0) is 0 Å². The number of nitrogen functional groups attached to an aromatic ring is 1. The number of halogens is 1. The number of hydrogen-bond donors (Lipinski definition) is 1. The number of para-hydroxylation sites is 1. The molecule has 0 fully saturated rings. The molecule has 2 aromatic carbocycles. The molecule has 0 aliphatic carbocycles. The van der Waals surface area contributed by atoms with Crippen LogP contribution in [0.5, 0.6) is 0 Å². The Morgan fingerprint density at radius 3 is 2.17 bits per heavy atom. The van der Waals surface area contributed by atoms with Gasteiger partial charge in [0.15, 0.2) is 11.2 Å². The average Bonchev–Trinajstić information content (AvgIpc) is 2.96. The number of hydrogen-bond acceptors (Lipinski definition) is 4. The maximum atomic E-state index is 14.2. The van der Waals surface area contributed by atoms with E-state index in [4.69, 9.17) is 5.73 Å². The van der Waals surface area contributed by atoms with E-state index in [0.29, 0.717) is 11.5 Å². The molecular weight excluding hydrogens is 293 g/mol. The molecule has 6 heteroatoms. The van der Waals surface area contributed by atoms with Gasteiger partial charge < -0.3 is 5.73 Å². The van der Waals surface area contributed by atoms with Crippen LogP contribution in [-0.4, -0.2) is 19.5 Å². The van der Waals surface area contributed by atoms with Gasteiger partial charge in [-0.3, -0.25) is 4.57 Å². The van der Waals surface area contributed by atoms with E-state index in [-0.39, 0.29) is 11.5 Å². The van der Waals surface area contributed by atoms with Crippen molar-refractivity contribution < 1.29 is 4.39 Å². The lowest BCUT2D eigenvalue weighted by Crippen LogP contribution is -2.02. The van der Waals surface area contributed by atoms with E-state index < -0.39 is 5.95 Å². The van der Waals surface area contributed by atoms with Crippen molar-refractivity contribution >= 4 is 17.1 Å². The van der Waals surface area contributed by atoms with Crippen LogP contribution < -0.4 is 5.73 Å². The van der Waals surface area contributed by atoms with Crippen molar-refractivity contribution in [2.45, 2.75) is 0 Å². The number of aromatic nitrogens is 4. The second kappa shape index (κ2) is 5.17. The molecule has 4 aromatic rings. The van der Waals surface area contributed by atoms with Gasteiger partial charge in [-0.1, -0.05) is 48.5 Å². The van der Waals surface area contributed by atoms with Gasteiger partial charge in [0.25, 0.3) is 0 Å². The molecule has 2 N–H and O–H groups in total. The Morgan fingerprint density at radius 1 is 0.826 bits per heavy atom. The fraction of sp³-hybridized carbons (Fsp3) is 0. The topological polar surface area (TPSA) is 69.6 Å². The number of nitrogens with zero attached hydrogens (tertiary/aromatic N) is 4. The molecule has 23 heavy (non-hydrogen) atoms. The summed E-state index contributed by atoms with van der Waals surface area (Å²) in [5.41, 5.74) is 7.74. The molecule has 4 rings (SSSR count). The van der Waals surface area contributed by atoms with E-state index in [9.17, 15) is 4.39 Å². The standard InChI is InChI=1S/C17H12FN5/c18-14-13-16(22-17(19)21-14)23(12-9-5-2-6-10-12)15(20-13)11-7-3-1-4-8-11/h1-10H,(H2,19,21,22). The van der Waals surface area contributed by atoms with Crippen molar-refractivity contribution in [1.82, 2.24) is 19.5 Å². The molecule has 0 aliphatic rings. The normalized spacial score (nSPS) is 11.0. The molecule has 0 aliphatic heterocycles. The van der Waals surface area contributed by atoms with Gasteiger partial charge in [-0.2, -0.15) is 14.4 Å². The van der Waals surface area contributed by atoms with Crippen molar-refractivity contribution in [1.29, 1.82) is 0 Å². The third-order valence-corrected chi connectivity index (χ3v) is 3.53. The SMILES string of the molecule is Nc1nc(F)c2nc(-c3ccccc3)n(-c3ccccc3)c2n1. The summed E-state index contributed by atoms with van der Waals surface area (Å²) in [5, 5.41) is 0. The molecule has 112 valence electrons. The van der Waals surface area contributed by atoms with Crippen LogP contribution in [0.25, 0.3) is 28.2 Å². The van der Waals surface area contributed by atoms with E-state index in [1.54, 1.807) is 4.57 Å². The molecule has 0 saturated heterocycles. The van der Waals surface area contributed by atoms with Gasteiger partial charge in [0, 0.05) is 11.3 Å². The maximum absolute atomic E-state index is 14.2. The molecule has 0 atom stereocenters. The first-order valence-electron chi connectivity index (χ1n) is 7.06. The van der Waals surface area contributed by atoms with E-state index in [2.05, 4.69) is 15.0 Å². The lowest BCUT2D eigenvalue weighted by atomic mass is 10.2. The Bertz CT molecular complexity index is 980. The fourth-order valence-electron chi connectivity index (χ4n) is 2.54. The highest BCUT2D eigenvalue weighted by atomic mass is 19.1. The number of fused-ring (bicyclic) bond motifs is 1. The summed E-state index contributed by atoms with van der Waals surface area (Å²) in [5.74, 6) is -0.253. The molecular formula is C17H12FN5. The predicted molar refractivity (Wildman–Crippen MR) is 86.5 cm³/mol. The molecule has 0 radical (unpaired) electrons. The fourth-order valence-corrected chi connectivity index (χ4v) is 2.54. The van der Waals surface area contributed by atoms with Crippen LogP contribution >= 0.6 is 0 Å². The summed E-state index contributed by atoms with van der Waals surface area (Å²) in [7, 11) is 0. The van der Waals surface area contributed by atoms with Gasteiger partial charge in [-0.25, -0.2) is 4.98 Å². The second-order valence-electron chi connectivity index (χ2n) is 5.02. The van der Waals surface area contributed by atoms with Gasteiger partial charge in [0.05, 0.1) is 0 Å². The highest BCUT2D eigenvalue weighted by Gasteiger charge is 2.19. The average molecular weight is 305 g/mol. The summed E-state index contributed by atoms with van der Waals surface area (Å²) in [4.78, 5) is 12.2. The minimum atomic E-state index is -0.723. The lowest BCUT2D eigenvalue weighted by molar-refractivity contribution is 0.593. The van der Waals surface area contributed by atoms with E-state index in [0.717, 1.165) is 11.3 Å².